The van der Waals surface area contributed by atoms with Gasteiger partial charge in [-0.1, -0.05) is 0 Å². The number of nitrogens with zero attached hydrogens (tertiary/aromatic N) is 1. The second-order valence-corrected chi connectivity index (χ2v) is 2.05. The molecule has 1 rings (SSSR count). The Balaban J connectivity index is 3.11. The summed E-state index contributed by atoms with van der Waals surface area (Å²) < 4.78 is 41.1. The number of methoxy groups -OCH3 is 1. The summed E-state index contributed by atoms with van der Waals surface area (Å²) >= 11 is 0. The van der Waals surface area contributed by atoms with Gasteiger partial charge in [-0.15, -0.1) is 0 Å². The van der Waals surface area contributed by atoms with Crippen LogP contribution in [0, 0.1) is 5.95 Å². The highest BCUT2D eigenvalue weighted by Gasteiger charge is 2.14. The van der Waals surface area contributed by atoms with Crippen molar-refractivity contribution in [3.05, 3.63) is 23.8 Å². The summed E-state index contributed by atoms with van der Waals surface area (Å²) in [4.78, 5) is 3.08. The lowest BCUT2D eigenvalue weighted by Gasteiger charge is -2.05. The highest BCUT2D eigenvalue weighted by Crippen LogP contribution is 2.27. The van der Waals surface area contributed by atoms with E-state index in [2.05, 4.69) is 9.72 Å². The highest BCUT2D eigenvalue weighted by atomic mass is 19.3. The molecular formula is C7H6F3NO. The molecule has 0 bridgehead atoms. The Morgan fingerprint density at radius 3 is 2.67 bits per heavy atom. The lowest BCUT2D eigenvalue weighted by Crippen LogP contribution is -1.95. The Kier molecular flexibility index (Phi) is 2.52. The standard InChI is InChI=1S/C7H6F3NO/c1-12-5-2-6(8)11-3-4(5)7(9)10/h2-3,7H,1H3. The maximum atomic E-state index is 12.4. The van der Waals surface area contributed by atoms with Crippen molar-refractivity contribution in [2.75, 3.05) is 7.11 Å². The molecule has 0 saturated heterocycles. The van der Waals surface area contributed by atoms with Gasteiger partial charge in [0.1, 0.15) is 5.75 Å². The van der Waals surface area contributed by atoms with Crippen LogP contribution in [0.1, 0.15) is 12.0 Å². The minimum atomic E-state index is -2.70. The largest absolute Gasteiger partial charge is 0.496 e. The Hall–Kier alpha value is -1.26. The second kappa shape index (κ2) is 3.42. The predicted molar refractivity (Wildman–Crippen MR) is 35.7 cm³/mol. The first-order valence-electron chi connectivity index (χ1n) is 3.12. The van der Waals surface area contributed by atoms with Gasteiger partial charge >= 0.3 is 0 Å². The molecule has 1 aromatic heterocycles. The van der Waals surface area contributed by atoms with Gasteiger partial charge in [0.25, 0.3) is 6.43 Å². The van der Waals surface area contributed by atoms with Crippen LogP contribution in [-0.2, 0) is 0 Å². The average Bonchev–Trinajstić information content (AvgIpc) is 2.03. The van der Waals surface area contributed by atoms with Gasteiger partial charge in [0.2, 0.25) is 5.95 Å². The Bertz CT molecular complexity index is 277. The van der Waals surface area contributed by atoms with E-state index in [1.807, 2.05) is 0 Å². The lowest BCUT2D eigenvalue weighted by atomic mass is 10.3. The minimum Gasteiger partial charge on any atom is -0.496 e. The molecule has 12 heavy (non-hydrogen) atoms. The van der Waals surface area contributed by atoms with Gasteiger partial charge in [-0.2, -0.15) is 4.39 Å². The Morgan fingerprint density at radius 2 is 2.17 bits per heavy atom. The van der Waals surface area contributed by atoms with Crippen molar-refractivity contribution in [2.45, 2.75) is 6.43 Å². The van der Waals surface area contributed by atoms with Crippen molar-refractivity contribution in [3.63, 3.8) is 0 Å². The third-order valence-electron chi connectivity index (χ3n) is 1.32. The van der Waals surface area contributed by atoms with Gasteiger partial charge in [0, 0.05) is 12.3 Å². The van der Waals surface area contributed by atoms with E-state index >= 15 is 0 Å². The van der Waals surface area contributed by atoms with E-state index in [0.717, 1.165) is 12.3 Å². The van der Waals surface area contributed by atoms with Crippen LogP contribution in [0.2, 0.25) is 0 Å². The fourth-order valence-corrected chi connectivity index (χ4v) is 0.764. The second-order valence-electron chi connectivity index (χ2n) is 2.05. The van der Waals surface area contributed by atoms with Crippen molar-refractivity contribution in [1.82, 2.24) is 4.98 Å². The van der Waals surface area contributed by atoms with Crippen molar-refractivity contribution in [1.29, 1.82) is 0 Å². The molecule has 0 spiro atoms. The number of hydrogen-bond donors (Lipinski definition) is 0. The van der Waals surface area contributed by atoms with E-state index in [-0.39, 0.29) is 5.75 Å². The smallest absolute Gasteiger partial charge is 0.268 e. The van der Waals surface area contributed by atoms with Crippen LogP contribution in [0.15, 0.2) is 12.3 Å². The average molecular weight is 177 g/mol. The van der Waals surface area contributed by atoms with E-state index in [1.54, 1.807) is 0 Å². The van der Waals surface area contributed by atoms with E-state index < -0.39 is 17.9 Å². The Labute approximate surface area is 67.0 Å². The number of rotatable bonds is 2. The molecule has 1 heterocycles. The quantitative estimate of drug-likeness (QED) is 0.646. The van der Waals surface area contributed by atoms with Gasteiger partial charge in [-0.25, -0.2) is 13.8 Å². The Morgan fingerprint density at radius 1 is 1.50 bits per heavy atom. The van der Waals surface area contributed by atoms with Gasteiger partial charge in [0.15, 0.2) is 0 Å². The van der Waals surface area contributed by atoms with Crippen molar-refractivity contribution >= 4 is 0 Å². The van der Waals surface area contributed by atoms with Gasteiger partial charge < -0.3 is 4.74 Å². The number of hydrogen-bond acceptors (Lipinski definition) is 2. The zero-order chi connectivity index (χ0) is 9.14. The van der Waals surface area contributed by atoms with Crippen LogP contribution < -0.4 is 4.74 Å². The molecule has 66 valence electrons. The fraction of sp³-hybridized carbons (Fsp3) is 0.286. The molecular weight excluding hydrogens is 171 g/mol. The summed E-state index contributed by atoms with van der Waals surface area (Å²) in [5.74, 6) is -1.02. The van der Waals surface area contributed by atoms with Crippen LogP contribution in [0.4, 0.5) is 13.2 Å². The molecule has 0 saturated carbocycles. The van der Waals surface area contributed by atoms with E-state index in [0.29, 0.717) is 0 Å². The molecule has 0 radical (unpaired) electrons. The maximum absolute atomic E-state index is 12.4. The fourth-order valence-electron chi connectivity index (χ4n) is 0.764. The number of alkyl halides is 2. The molecule has 0 fully saturated rings. The number of pyridine rings is 1. The highest BCUT2D eigenvalue weighted by molar-refractivity contribution is 5.31. The number of halogens is 3. The van der Waals surface area contributed by atoms with Crippen molar-refractivity contribution < 1.29 is 17.9 Å². The summed E-state index contributed by atoms with van der Waals surface area (Å²) in [7, 11) is 1.20. The summed E-state index contributed by atoms with van der Waals surface area (Å²) in [6, 6.07) is 0.821. The topological polar surface area (TPSA) is 22.1 Å². The first-order valence-corrected chi connectivity index (χ1v) is 3.12. The molecule has 0 unspecified atom stereocenters. The van der Waals surface area contributed by atoms with Gasteiger partial charge in [-0.3, -0.25) is 0 Å². The summed E-state index contributed by atoms with van der Waals surface area (Å²) in [5, 5.41) is 0. The molecule has 0 amide bonds. The van der Waals surface area contributed by atoms with Gasteiger partial charge in [0.05, 0.1) is 12.7 Å². The maximum Gasteiger partial charge on any atom is 0.268 e. The molecule has 0 atom stereocenters. The van der Waals surface area contributed by atoms with E-state index in [1.165, 1.54) is 7.11 Å². The van der Waals surface area contributed by atoms with E-state index in [4.69, 9.17) is 0 Å². The van der Waals surface area contributed by atoms with Crippen LogP contribution in [0.25, 0.3) is 0 Å². The minimum absolute atomic E-state index is 0.183. The lowest BCUT2D eigenvalue weighted by molar-refractivity contribution is 0.146. The monoisotopic (exact) mass is 177 g/mol. The normalized spacial score (nSPS) is 10.4. The molecule has 0 aliphatic heterocycles. The first-order chi connectivity index (χ1) is 5.65. The van der Waals surface area contributed by atoms with E-state index in [9.17, 15) is 13.2 Å². The summed E-state index contributed by atoms with van der Waals surface area (Å²) in [6.45, 7) is 0. The van der Waals surface area contributed by atoms with Crippen LogP contribution in [-0.4, -0.2) is 12.1 Å². The molecule has 5 heteroatoms. The zero-order valence-electron chi connectivity index (χ0n) is 6.22. The first kappa shape index (κ1) is 8.83. The third kappa shape index (κ3) is 1.66. The predicted octanol–water partition coefficient (Wildman–Crippen LogP) is 2.17. The molecule has 0 aromatic carbocycles. The molecule has 0 aliphatic carbocycles. The van der Waals surface area contributed by atoms with Gasteiger partial charge in [-0.05, 0) is 0 Å². The zero-order valence-corrected chi connectivity index (χ0v) is 6.22. The molecule has 0 aliphatic rings. The van der Waals surface area contributed by atoms with Crippen LogP contribution >= 0.6 is 0 Å². The molecule has 0 N–H and O–H groups in total. The number of ether oxygens (including phenoxy) is 1. The molecule has 1 aromatic rings. The summed E-state index contributed by atoms with van der Waals surface area (Å²) in [6.07, 6.45) is -1.94. The van der Waals surface area contributed by atoms with Crippen molar-refractivity contribution in [2.24, 2.45) is 0 Å². The third-order valence-corrected chi connectivity index (χ3v) is 1.32. The summed E-state index contributed by atoms with van der Waals surface area (Å²) in [5.41, 5.74) is -0.404. The molecule has 2 nitrogen and oxygen atoms in total. The SMILES string of the molecule is COc1cc(F)ncc1C(F)F. The number of aromatic nitrogens is 1. The van der Waals surface area contributed by atoms with Crippen LogP contribution in [0.3, 0.4) is 0 Å². The van der Waals surface area contributed by atoms with Crippen molar-refractivity contribution in [3.8, 4) is 5.75 Å². The van der Waals surface area contributed by atoms with Crippen LogP contribution in [0.5, 0.6) is 5.75 Å².